The molecule has 1 atom stereocenters. The van der Waals surface area contributed by atoms with Gasteiger partial charge in [0.05, 0.1) is 12.1 Å². The minimum Gasteiger partial charge on any atom is -0.467 e. The molecule has 1 amide bonds. The topological polar surface area (TPSA) is 51.5 Å². The van der Waals surface area contributed by atoms with Crippen LogP contribution in [0, 0.1) is 0 Å². The predicted molar refractivity (Wildman–Crippen MR) is 80.4 cm³/mol. The number of hydrogen-bond acceptors (Lipinski definition) is 3. The molecule has 0 spiro atoms. The summed E-state index contributed by atoms with van der Waals surface area (Å²) in [7, 11) is 1.36. The van der Waals surface area contributed by atoms with Crippen LogP contribution in [0.5, 0.6) is 0 Å². The summed E-state index contributed by atoms with van der Waals surface area (Å²) in [6, 6.07) is 1.18. The van der Waals surface area contributed by atoms with Crippen molar-refractivity contribution in [2.75, 3.05) is 13.7 Å². The van der Waals surface area contributed by atoms with E-state index in [4.69, 9.17) is 16.3 Å². The molecule has 0 radical (unpaired) electrons. The van der Waals surface area contributed by atoms with Gasteiger partial charge >= 0.3 is 5.97 Å². The Morgan fingerprint density at radius 3 is 2.86 bits per heavy atom. The number of methoxy groups -OCH3 is 1. The van der Waals surface area contributed by atoms with Gasteiger partial charge in [0.2, 0.25) is 0 Å². The van der Waals surface area contributed by atoms with Crippen LogP contribution in [0.4, 0.5) is 0 Å². The number of ether oxygens (including phenoxy) is 1. The lowest BCUT2D eigenvalue weighted by Crippen LogP contribution is -2.48. The first-order chi connectivity index (χ1) is 10.1. The molecule has 5 nitrogen and oxygen atoms in total. The van der Waals surface area contributed by atoms with Gasteiger partial charge in [0.15, 0.2) is 0 Å². The maximum atomic E-state index is 12.8. The molecular formula is C15H21ClN2O3. The van der Waals surface area contributed by atoms with E-state index in [9.17, 15) is 9.59 Å². The highest BCUT2D eigenvalue weighted by molar-refractivity contribution is 6.31. The Balaban J connectivity index is 2.26. The molecule has 1 unspecified atom stereocenters. The van der Waals surface area contributed by atoms with E-state index < -0.39 is 6.04 Å². The minimum absolute atomic E-state index is 0.148. The number of carbonyl (C=O) groups excluding carboxylic acids is 2. The first-order valence-electron chi connectivity index (χ1n) is 7.33. The smallest absolute Gasteiger partial charge is 0.328 e. The quantitative estimate of drug-likeness (QED) is 0.803. The monoisotopic (exact) mass is 312 g/mol. The van der Waals surface area contributed by atoms with E-state index in [1.54, 1.807) is 17.2 Å². The highest BCUT2D eigenvalue weighted by Gasteiger charge is 2.34. The third-order valence-corrected chi connectivity index (χ3v) is 3.99. The van der Waals surface area contributed by atoms with Gasteiger partial charge in [0, 0.05) is 19.3 Å². The van der Waals surface area contributed by atoms with Crippen molar-refractivity contribution in [2.24, 2.45) is 0 Å². The second kappa shape index (κ2) is 6.98. The van der Waals surface area contributed by atoms with Crippen molar-refractivity contribution in [3.63, 3.8) is 0 Å². The van der Waals surface area contributed by atoms with Crippen molar-refractivity contribution >= 4 is 23.5 Å². The first kappa shape index (κ1) is 15.9. The molecule has 1 aliphatic heterocycles. The van der Waals surface area contributed by atoms with Crippen LogP contribution in [0.3, 0.4) is 0 Å². The van der Waals surface area contributed by atoms with Crippen molar-refractivity contribution in [2.45, 2.75) is 45.2 Å². The molecule has 0 saturated carbocycles. The third-order valence-electron chi connectivity index (χ3n) is 3.78. The van der Waals surface area contributed by atoms with Gasteiger partial charge in [0.1, 0.15) is 11.7 Å². The number of aryl methyl sites for hydroxylation is 1. The number of nitrogens with zero attached hydrogens (tertiary/aromatic N) is 2. The summed E-state index contributed by atoms with van der Waals surface area (Å²) in [6.07, 6.45) is 5.16. The average molecular weight is 313 g/mol. The molecule has 0 aliphatic carbocycles. The lowest BCUT2D eigenvalue weighted by molar-refractivity contribution is -0.147. The first-order valence-corrected chi connectivity index (χ1v) is 7.70. The number of halogens is 1. The molecule has 1 saturated heterocycles. The van der Waals surface area contributed by atoms with Gasteiger partial charge in [-0.1, -0.05) is 18.5 Å². The summed E-state index contributed by atoms with van der Waals surface area (Å²) in [4.78, 5) is 26.3. The van der Waals surface area contributed by atoms with Crippen LogP contribution < -0.4 is 0 Å². The van der Waals surface area contributed by atoms with E-state index in [-0.39, 0.29) is 11.9 Å². The van der Waals surface area contributed by atoms with Gasteiger partial charge in [-0.15, -0.1) is 0 Å². The zero-order chi connectivity index (χ0) is 15.4. The molecular weight excluding hydrogens is 292 g/mol. The number of carbonyl (C=O) groups is 2. The van der Waals surface area contributed by atoms with Crippen molar-refractivity contribution in [3.05, 3.63) is 23.0 Å². The second-order valence-electron chi connectivity index (χ2n) is 5.27. The predicted octanol–water partition coefficient (Wildman–Crippen LogP) is 2.72. The summed E-state index contributed by atoms with van der Waals surface area (Å²) < 4.78 is 6.68. The van der Waals surface area contributed by atoms with E-state index in [2.05, 4.69) is 0 Å². The van der Waals surface area contributed by atoms with Crippen LogP contribution in [0.15, 0.2) is 12.3 Å². The van der Waals surface area contributed by atoms with Crippen LogP contribution in [-0.2, 0) is 16.1 Å². The Morgan fingerprint density at radius 1 is 1.43 bits per heavy atom. The highest BCUT2D eigenvalue weighted by atomic mass is 35.5. The van der Waals surface area contributed by atoms with Gasteiger partial charge in [-0.05, 0) is 31.7 Å². The van der Waals surface area contributed by atoms with Gasteiger partial charge < -0.3 is 14.2 Å². The molecule has 1 fully saturated rings. The zero-order valence-corrected chi connectivity index (χ0v) is 13.2. The second-order valence-corrected chi connectivity index (χ2v) is 5.71. The maximum Gasteiger partial charge on any atom is 0.328 e. The van der Waals surface area contributed by atoms with E-state index in [0.717, 1.165) is 25.8 Å². The standard InChI is InChI=1S/C15H21ClN2O3/c1-3-7-17-10-11(16)9-13(17)14(19)18-8-5-4-6-12(18)15(20)21-2/h9-10,12H,3-8H2,1-2H3. The van der Waals surface area contributed by atoms with Gasteiger partial charge in [0.25, 0.3) is 5.91 Å². The van der Waals surface area contributed by atoms with Crippen molar-refractivity contribution < 1.29 is 14.3 Å². The fourth-order valence-corrected chi connectivity index (χ4v) is 3.00. The number of esters is 1. The van der Waals surface area contributed by atoms with Gasteiger partial charge in [-0.3, -0.25) is 4.79 Å². The van der Waals surface area contributed by atoms with Crippen LogP contribution in [-0.4, -0.2) is 41.0 Å². The van der Waals surface area contributed by atoms with Crippen molar-refractivity contribution in [1.29, 1.82) is 0 Å². The number of piperidine rings is 1. The lowest BCUT2D eigenvalue weighted by Gasteiger charge is -2.33. The molecule has 116 valence electrons. The summed E-state index contributed by atoms with van der Waals surface area (Å²) >= 11 is 6.03. The van der Waals surface area contributed by atoms with Crippen molar-refractivity contribution in [3.8, 4) is 0 Å². The van der Waals surface area contributed by atoms with E-state index in [0.29, 0.717) is 23.7 Å². The normalized spacial score (nSPS) is 18.6. The molecule has 2 rings (SSSR count). The number of likely N-dealkylation sites (tertiary alicyclic amines) is 1. The number of hydrogen-bond donors (Lipinski definition) is 0. The minimum atomic E-state index is -0.486. The SMILES string of the molecule is CCCn1cc(Cl)cc1C(=O)N1CCCCC1C(=O)OC. The Bertz CT molecular complexity index is 527. The average Bonchev–Trinajstić information content (AvgIpc) is 2.87. The summed E-state index contributed by atoms with van der Waals surface area (Å²) in [5.41, 5.74) is 0.539. The van der Waals surface area contributed by atoms with Crippen LogP contribution in [0.2, 0.25) is 5.02 Å². The largest absolute Gasteiger partial charge is 0.467 e. The van der Waals surface area contributed by atoms with Crippen LogP contribution in [0.1, 0.15) is 43.1 Å². The van der Waals surface area contributed by atoms with Crippen molar-refractivity contribution in [1.82, 2.24) is 9.47 Å². The molecule has 0 aromatic carbocycles. The zero-order valence-electron chi connectivity index (χ0n) is 12.5. The number of rotatable bonds is 4. The van der Waals surface area contributed by atoms with E-state index >= 15 is 0 Å². The number of aromatic nitrogens is 1. The van der Waals surface area contributed by atoms with Gasteiger partial charge in [-0.25, -0.2) is 4.79 Å². The molecule has 21 heavy (non-hydrogen) atoms. The fraction of sp³-hybridized carbons (Fsp3) is 0.600. The Morgan fingerprint density at radius 2 is 2.19 bits per heavy atom. The van der Waals surface area contributed by atoms with Crippen LogP contribution in [0.25, 0.3) is 0 Å². The molecule has 1 aromatic rings. The molecule has 2 heterocycles. The Kier molecular flexibility index (Phi) is 5.28. The fourth-order valence-electron chi connectivity index (χ4n) is 2.78. The molecule has 1 aliphatic rings. The molecule has 1 aromatic heterocycles. The third kappa shape index (κ3) is 3.40. The molecule has 0 N–H and O–H groups in total. The molecule has 0 bridgehead atoms. The molecule has 6 heteroatoms. The Hall–Kier alpha value is -1.49. The summed E-state index contributed by atoms with van der Waals surface area (Å²) in [6.45, 7) is 3.35. The van der Waals surface area contributed by atoms with Crippen LogP contribution >= 0.6 is 11.6 Å². The van der Waals surface area contributed by atoms with E-state index in [1.807, 2.05) is 11.5 Å². The van der Waals surface area contributed by atoms with Gasteiger partial charge in [-0.2, -0.15) is 0 Å². The highest BCUT2D eigenvalue weighted by Crippen LogP contribution is 2.23. The number of amides is 1. The summed E-state index contributed by atoms with van der Waals surface area (Å²) in [5.74, 6) is -0.492. The summed E-state index contributed by atoms with van der Waals surface area (Å²) in [5, 5.41) is 0.540. The lowest BCUT2D eigenvalue weighted by atomic mass is 10.0. The maximum absolute atomic E-state index is 12.8. The van der Waals surface area contributed by atoms with E-state index in [1.165, 1.54) is 7.11 Å². The Labute approximate surface area is 129 Å².